The quantitative estimate of drug-likeness (QED) is 0.720. The van der Waals surface area contributed by atoms with Gasteiger partial charge >= 0.3 is 0 Å². The van der Waals surface area contributed by atoms with Gasteiger partial charge in [-0.1, -0.05) is 19.1 Å². The van der Waals surface area contributed by atoms with Crippen LogP contribution in [-0.4, -0.2) is 27.4 Å². The van der Waals surface area contributed by atoms with Crippen molar-refractivity contribution in [3.8, 4) is 5.75 Å². The van der Waals surface area contributed by atoms with Crippen LogP contribution >= 0.6 is 0 Å². The average molecular weight is 223 g/mol. The predicted octanol–water partition coefficient (Wildman–Crippen LogP) is 2.38. The molecule has 1 aromatic carbocycles. The van der Waals surface area contributed by atoms with Crippen molar-refractivity contribution in [2.24, 2.45) is 0 Å². The Balaban J connectivity index is 2.56. The molecule has 0 aromatic heterocycles. The standard InChI is InChI=1S/C13H21NO2/c1-4-9-16-10-13(14-2)11-5-7-12(15-3)8-6-11/h5-8,13-14H,4,9-10H2,1-3H3. The Kier molecular flexibility index (Phi) is 5.90. The fourth-order valence-electron chi connectivity index (χ4n) is 1.53. The van der Waals surface area contributed by atoms with Gasteiger partial charge in [-0.15, -0.1) is 0 Å². The summed E-state index contributed by atoms with van der Waals surface area (Å²) in [7, 11) is 3.62. The maximum atomic E-state index is 5.55. The molecule has 0 heterocycles. The molecule has 16 heavy (non-hydrogen) atoms. The molecule has 0 spiro atoms. The fraction of sp³-hybridized carbons (Fsp3) is 0.538. The molecule has 0 bridgehead atoms. The van der Waals surface area contributed by atoms with E-state index in [2.05, 4.69) is 24.4 Å². The molecule has 0 fully saturated rings. The van der Waals surface area contributed by atoms with Crippen LogP contribution in [0.5, 0.6) is 5.75 Å². The molecule has 3 heteroatoms. The van der Waals surface area contributed by atoms with Crippen molar-refractivity contribution in [1.29, 1.82) is 0 Å². The lowest BCUT2D eigenvalue weighted by Crippen LogP contribution is -2.21. The van der Waals surface area contributed by atoms with Crippen LogP contribution in [0.3, 0.4) is 0 Å². The summed E-state index contributed by atoms with van der Waals surface area (Å²) in [6.45, 7) is 3.63. The van der Waals surface area contributed by atoms with Crippen LogP contribution < -0.4 is 10.1 Å². The SMILES string of the molecule is CCCOCC(NC)c1ccc(OC)cc1. The zero-order chi connectivity index (χ0) is 11.8. The second kappa shape index (κ2) is 7.25. The predicted molar refractivity (Wildman–Crippen MR) is 65.9 cm³/mol. The molecule has 1 unspecified atom stereocenters. The first-order chi connectivity index (χ1) is 7.81. The Morgan fingerprint density at radius 2 is 1.94 bits per heavy atom. The van der Waals surface area contributed by atoms with E-state index in [4.69, 9.17) is 9.47 Å². The summed E-state index contributed by atoms with van der Waals surface area (Å²) < 4.78 is 10.7. The summed E-state index contributed by atoms with van der Waals surface area (Å²) in [5.74, 6) is 0.882. The molecular formula is C13H21NO2. The number of nitrogens with one attached hydrogen (secondary N) is 1. The minimum atomic E-state index is 0.248. The van der Waals surface area contributed by atoms with Gasteiger partial charge < -0.3 is 14.8 Å². The molecule has 0 saturated heterocycles. The van der Waals surface area contributed by atoms with Crippen molar-refractivity contribution in [3.05, 3.63) is 29.8 Å². The minimum absolute atomic E-state index is 0.248. The Bertz CT molecular complexity index is 284. The molecule has 0 amide bonds. The van der Waals surface area contributed by atoms with E-state index in [1.165, 1.54) is 5.56 Å². The van der Waals surface area contributed by atoms with Crippen molar-refractivity contribution in [1.82, 2.24) is 5.32 Å². The summed E-state index contributed by atoms with van der Waals surface area (Å²) in [4.78, 5) is 0. The van der Waals surface area contributed by atoms with Crippen molar-refractivity contribution in [3.63, 3.8) is 0 Å². The van der Waals surface area contributed by atoms with Crippen molar-refractivity contribution >= 4 is 0 Å². The normalized spacial score (nSPS) is 12.4. The van der Waals surface area contributed by atoms with Gasteiger partial charge in [0.15, 0.2) is 0 Å². The zero-order valence-corrected chi connectivity index (χ0v) is 10.3. The van der Waals surface area contributed by atoms with E-state index in [0.717, 1.165) is 18.8 Å². The molecule has 1 atom stereocenters. The van der Waals surface area contributed by atoms with Gasteiger partial charge in [-0.25, -0.2) is 0 Å². The highest BCUT2D eigenvalue weighted by Gasteiger charge is 2.08. The molecule has 1 rings (SSSR count). The number of methoxy groups -OCH3 is 1. The molecule has 1 aromatic rings. The van der Waals surface area contributed by atoms with E-state index in [0.29, 0.717) is 6.61 Å². The lowest BCUT2D eigenvalue weighted by Gasteiger charge is -2.17. The molecule has 0 saturated carbocycles. The third-order valence-corrected chi connectivity index (χ3v) is 2.50. The van der Waals surface area contributed by atoms with Crippen LogP contribution in [0.15, 0.2) is 24.3 Å². The first-order valence-electron chi connectivity index (χ1n) is 5.70. The summed E-state index contributed by atoms with van der Waals surface area (Å²) in [6, 6.07) is 8.32. The minimum Gasteiger partial charge on any atom is -0.497 e. The first-order valence-corrected chi connectivity index (χ1v) is 5.70. The molecule has 3 nitrogen and oxygen atoms in total. The zero-order valence-electron chi connectivity index (χ0n) is 10.3. The van der Waals surface area contributed by atoms with Crippen LogP contribution in [-0.2, 0) is 4.74 Å². The molecule has 0 aliphatic rings. The largest absolute Gasteiger partial charge is 0.497 e. The highest BCUT2D eigenvalue weighted by Crippen LogP contribution is 2.17. The van der Waals surface area contributed by atoms with Crippen LogP contribution in [0.25, 0.3) is 0 Å². The van der Waals surface area contributed by atoms with Gasteiger partial charge in [0, 0.05) is 6.61 Å². The average Bonchev–Trinajstić information content (AvgIpc) is 2.35. The summed E-state index contributed by atoms with van der Waals surface area (Å²) in [6.07, 6.45) is 1.05. The number of likely N-dealkylation sites (N-methyl/N-ethyl adjacent to an activating group) is 1. The van der Waals surface area contributed by atoms with Crippen molar-refractivity contribution < 1.29 is 9.47 Å². The van der Waals surface area contributed by atoms with Gasteiger partial charge in [0.2, 0.25) is 0 Å². The second-order valence-corrected chi connectivity index (χ2v) is 3.69. The van der Waals surface area contributed by atoms with E-state index in [-0.39, 0.29) is 6.04 Å². The molecule has 90 valence electrons. The number of benzene rings is 1. The monoisotopic (exact) mass is 223 g/mol. The fourth-order valence-corrected chi connectivity index (χ4v) is 1.53. The number of hydrogen-bond acceptors (Lipinski definition) is 3. The highest BCUT2D eigenvalue weighted by atomic mass is 16.5. The van der Waals surface area contributed by atoms with Crippen LogP contribution in [0.4, 0.5) is 0 Å². The second-order valence-electron chi connectivity index (χ2n) is 3.69. The Morgan fingerprint density at radius 3 is 2.44 bits per heavy atom. The highest BCUT2D eigenvalue weighted by molar-refractivity contribution is 5.29. The van der Waals surface area contributed by atoms with Gasteiger partial charge in [0.1, 0.15) is 5.75 Å². The summed E-state index contributed by atoms with van der Waals surface area (Å²) in [5, 5.41) is 3.25. The summed E-state index contributed by atoms with van der Waals surface area (Å²) >= 11 is 0. The van der Waals surface area contributed by atoms with Crippen LogP contribution in [0.2, 0.25) is 0 Å². The van der Waals surface area contributed by atoms with Gasteiger partial charge in [-0.05, 0) is 31.2 Å². The van der Waals surface area contributed by atoms with Gasteiger partial charge in [-0.3, -0.25) is 0 Å². The van der Waals surface area contributed by atoms with E-state index in [1.807, 2.05) is 19.2 Å². The smallest absolute Gasteiger partial charge is 0.118 e. The van der Waals surface area contributed by atoms with Crippen molar-refractivity contribution in [2.45, 2.75) is 19.4 Å². The van der Waals surface area contributed by atoms with Gasteiger partial charge in [-0.2, -0.15) is 0 Å². The number of ether oxygens (including phenoxy) is 2. The topological polar surface area (TPSA) is 30.5 Å². The van der Waals surface area contributed by atoms with E-state index < -0.39 is 0 Å². The number of rotatable bonds is 7. The van der Waals surface area contributed by atoms with Crippen LogP contribution in [0.1, 0.15) is 24.9 Å². The maximum Gasteiger partial charge on any atom is 0.118 e. The lowest BCUT2D eigenvalue weighted by atomic mass is 10.1. The number of hydrogen-bond donors (Lipinski definition) is 1. The van der Waals surface area contributed by atoms with Gasteiger partial charge in [0.05, 0.1) is 19.8 Å². The lowest BCUT2D eigenvalue weighted by molar-refractivity contribution is 0.114. The first kappa shape index (κ1) is 13.0. The molecular weight excluding hydrogens is 202 g/mol. The Labute approximate surface area is 97.8 Å². The van der Waals surface area contributed by atoms with E-state index in [9.17, 15) is 0 Å². The Morgan fingerprint density at radius 1 is 1.25 bits per heavy atom. The van der Waals surface area contributed by atoms with E-state index >= 15 is 0 Å². The van der Waals surface area contributed by atoms with Crippen molar-refractivity contribution in [2.75, 3.05) is 27.4 Å². The molecule has 0 aliphatic heterocycles. The maximum absolute atomic E-state index is 5.55. The van der Waals surface area contributed by atoms with Gasteiger partial charge in [0.25, 0.3) is 0 Å². The Hall–Kier alpha value is -1.06. The third kappa shape index (κ3) is 3.83. The molecule has 1 N–H and O–H groups in total. The van der Waals surface area contributed by atoms with Crippen LogP contribution in [0, 0.1) is 0 Å². The molecule has 0 aliphatic carbocycles. The third-order valence-electron chi connectivity index (χ3n) is 2.50. The van der Waals surface area contributed by atoms with E-state index in [1.54, 1.807) is 7.11 Å². The summed E-state index contributed by atoms with van der Waals surface area (Å²) in [5.41, 5.74) is 1.22. The molecule has 0 radical (unpaired) electrons.